The first-order valence-corrected chi connectivity index (χ1v) is 5.32. The van der Waals surface area contributed by atoms with Gasteiger partial charge in [0, 0.05) is 10.0 Å². The van der Waals surface area contributed by atoms with Crippen molar-refractivity contribution in [3.63, 3.8) is 0 Å². The summed E-state index contributed by atoms with van der Waals surface area (Å²) in [5, 5.41) is -0.596. The Kier molecular flexibility index (Phi) is 4.08. The number of carbonyl (C=O) groups excluding carboxylic acids is 1. The first kappa shape index (κ1) is 11.7. The van der Waals surface area contributed by atoms with Crippen molar-refractivity contribution in [2.45, 2.75) is 19.0 Å². The van der Waals surface area contributed by atoms with Crippen LogP contribution in [0.2, 0.25) is 0 Å². The van der Waals surface area contributed by atoms with Gasteiger partial charge in [-0.3, -0.25) is 4.79 Å². The van der Waals surface area contributed by atoms with Crippen LogP contribution in [0, 0.1) is 0 Å². The Hall–Kier alpha value is -0.410. The van der Waals surface area contributed by atoms with Crippen LogP contribution in [-0.2, 0) is 6.67 Å². The molecule has 0 N–H and O–H groups in total. The zero-order chi connectivity index (χ0) is 10.7. The fraction of sp³-hybridized carbons (Fsp3) is 0.300. The van der Waals surface area contributed by atoms with Crippen LogP contribution in [0.15, 0.2) is 22.7 Å². The van der Waals surface area contributed by atoms with E-state index in [4.69, 9.17) is 11.6 Å². The third-order valence-corrected chi connectivity index (χ3v) is 2.98. The van der Waals surface area contributed by atoms with Gasteiger partial charge >= 0.3 is 0 Å². The number of rotatable bonds is 3. The number of ketones is 1. The predicted octanol–water partition coefficient (Wildman–Crippen LogP) is 3.73. The SMILES string of the molecule is CC(Cl)C(=O)c1cccc(CF)c1Br. The van der Waals surface area contributed by atoms with E-state index >= 15 is 0 Å². The lowest BCUT2D eigenvalue weighted by molar-refractivity contribution is 0.0991. The van der Waals surface area contributed by atoms with Gasteiger partial charge in [0.15, 0.2) is 5.78 Å². The molecular weight excluding hydrogens is 270 g/mol. The molecule has 0 aliphatic heterocycles. The zero-order valence-electron chi connectivity index (χ0n) is 7.56. The molecule has 0 bridgehead atoms. The summed E-state index contributed by atoms with van der Waals surface area (Å²) in [5.41, 5.74) is 0.899. The Bertz CT molecular complexity index is 352. The molecule has 0 aromatic heterocycles. The molecule has 1 aromatic rings. The van der Waals surface area contributed by atoms with Crippen LogP contribution in [0.1, 0.15) is 22.8 Å². The van der Waals surface area contributed by atoms with Crippen molar-refractivity contribution in [1.29, 1.82) is 0 Å². The fourth-order valence-electron chi connectivity index (χ4n) is 1.09. The van der Waals surface area contributed by atoms with E-state index < -0.39 is 12.1 Å². The molecule has 0 heterocycles. The number of hydrogen-bond acceptors (Lipinski definition) is 1. The minimum atomic E-state index is -0.599. The van der Waals surface area contributed by atoms with Crippen LogP contribution in [-0.4, -0.2) is 11.2 Å². The quantitative estimate of drug-likeness (QED) is 0.609. The average Bonchev–Trinajstić information content (AvgIpc) is 2.17. The topological polar surface area (TPSA) is 17.1 Å². The smallest absolute Gasteiger partial charge is 0.181 e. The third-order valence-electron chi connectivity index (χ3n) is 1.85. The van der Waals surface area contributed by atoms with Gasteiger partial charge in [0.25, 0.3) is 0 Å². The lowest BCUT2D eigenvalue weighted by Gasteiger charge is -2.07. The van der Waals surface area contributed by atoms with Crippen LogP contribution >= 0.6 is 27.5 Å². The molecule has 1 rings (SSSR count). The Morgan fingerprint density at radius 2 is 2.29 bits per heavy atom. The first-order valence-electron chi connectivity index (χ1n) is 4.09. The number of hydrogen-bond donors (Lipinski definition) is 0. The van der Waals surface area contributed by atoms with E-state index in [1.54, 1.807) is 25.1 Å². The molecule has 0 saturated heterocycles. The Morgan fingerprint density at radius 3 is 2.79 bits per heavy atom. The molecule has 0 saturated carbocycles. The molecule has 1 nitrogen and oxygen atoms in total. The van der Waals surface area contributed by atoms with E-state index in [1.165, 1.54) is 0 Å². The zero-order valence-corrected chi connectivity index (χ0v) is 9.90. The van der Waals surface area contributed by atoms with Gasteiger partial charge in [-0.05, 0) is 28.4 Å². The highest BCUT2D eigenvalue weighted by Gasteiger charge is 2.16. The van der Waals surface area contributed by atoms with Crippen molar-refractivity contribution in [2.24, 2.45) is 0 Å². The highest BCUT2D eigenvalue weighted by molar-refractivity contribution is 9.10. The highest BCUT2D eigenvalue weighted by Crippen LogP contribution is 2.24. The molecule has 14 heavy (non-hydrogen) atoms. The van der Waals surface area contributed by atoms with E-state index in [9.17, 15) is 9.18 Å². The molecule has 0 spiro atoms. The molecule has 1 aromatic carbocycles. The fourth-order valence-corrected chi connectivity index (χ4v) is 1.77. The summed E-state index contributed by atoms with van der Waals surface area (Å²) in [7, 11) is 0. The van der Waals surface area contributed by atoms with Gasteiger partial charge in [0.2, 0.25) is 0 Å². The van der Waals surface area contributed by atoms with Crippen LogP contribution in [0.5, 0.6) is 0 Å². The van der Waals surface area contributed by atoms with Crippen molar-refractivity contribution in [3.8, 4) is 0 Å². The van der Waals surface area contributed by atoms with Crippen LogP contribution in [0.3, 0.4) is 0 Å². The van der Waals surface area contributed by atoms with Gasteiger partial charge in [-0.15, -0.1) is 11.6 Å². The Morgan fingerprint density at radius 1 is 1.64 bits per heavy atom. The lowest BCUT2D eigenvalue weighted by atomic mass is 10.1. The Balaban J connectivity index is 3.16. The summed E-state index contributed by atoms with van der Waals surface area (Å²) in [4.78, 5) is 11.5. The van der Waals surface area contributed by atoms with E-state index in [1.807, 2.05) is 0 Å². The van der Waals surface area contributed by atoms with Crippen molar-refractivity contribution in [3.05, 3.63) is 33.8 Å². The van der Waals surface area contributed by atoms with Gasteiger partial charge in [-0.2, -0.15) is 0 Å². The molecular formula is C10H9BrClFO. The van der Waals surface area contributed by atoms with Crippen molar-refractivity contribution in [1.82, 2.24) is 0 Å². The third kappa shape index (κ3) is 2.34. The first-order chi connectivity index (χ1) is 6.57. The average molecular weight is 280 g/mol. The minimum Gasteiger partial charge on any atom is -0.292 e. The number of halogens is 3. The largest absolute Gasteiger partial charge is 0.292 e. The van der Waals surface area contributed by atoms with E-state index in [0.29, 0.717) is 15.6 Å². The summed E-state index contributed by atoms with van der Waals surface area (Å²) in [5.74, 6) is -0.200. The minimum absolute atomic E-state index is 0.200. The van der Waals surface area contributed by atoms with Gasteiger partial charge < -0.3 is 0 Å². The van der Waals surface area contributed by atoms with Crippen LogP contribution in [0.25, 0.3) is 0 Å². The summed E-state index contributed by atoms with van der Waals surface area (Å²) >= 11 is 8.86. The lowest BCUT2D eigenvalue weighted by Crippen LogP contribution is -2.11. The summed E-state index contributed by atoms with van der Waals surface area (Å²) in [6, 6.07) is 4.90. The number of Topliss-reactive ketones (excluding diaryl/α,β-unsaturated/α-hetero) is 1. The second-order valence-electron chi connectivity index (χ2n) is 2.89. The van der Waals surface area contributed by atoms with Gasteiger partial charge in [0.05, 0.1) is 5.38 Å². The number of carbonyl (C=O) groups is 1. The molecule has 76 valence electrons. The standard InChI is InChI=1S/C10H9BrClFO/c1-6(12)10(14)8-4-2-3-7(5-13)9(8)11/h2-4,6H,5H2,1H3. The van der Waals surface area contributed by atoms with Gasteiger partial charge in [-0.1, -0.05) is 18.2 Å². The monoisotopic (exact) mass is 278 g/mol. The second kappa shape index (κ2) is 4.89. The molecule has 1 atom stereocenters. The molecule has 0 radical (unpaired) electrons. The molecule has 1 unspecified atom stereocenters. The van der Waals surface area contributed by atoms with E-state index in [-0.39, 0.29) is 5.78 Å². The molecule has 4 heteroatoms. The maximum Gasteiger partial charge on any atom is 0.181 e. The van der Waals surface area contributed by atoms with Crippen molar-refractivity contribution < 1.29 is 9.18 Å². The summed E-state index contributed by atoms with van der Waals surface area (Å²) in [6.45, 7) is 0.997. The normalized spacial score (nSPS) is 12.6. The number of benzene rings is 1. The van der Waals surface area contributed by atoms with E-state index in [2.05, 4.69) is 15.9 Å². The molecule has 0 amide bonds. The van der Waals surface area contributed by atoms with Crippen LogP contribution < -0.4 is 0 Å². The van der Waals surface area contributed by atoms with Gasteiger partial charge in [-0.25, -0.2) is 4.39 Å². The summed E-state index contributed by atoms with van der Waals surface area (Å²) in [6.07, 6.45) is 0. The summed E-state index contributed by atoms with van der Waals surface area (Å²) < 4.78 is 13.0. The molecule has 0 fully saturated rings. The van der Waals surface area contributed by atoms with Crippen molar-refractivity contribution in [2.75, 3.05) is 0 Å². The maximum atomic E-state index is 12.5. The highest BCUT2D eigenvalue weighted by atomic mass is 79.9. The Labute approximate surface area is 95.4 Å². The predicted molar refractivity (Wildman–Crippen MR) is 58.6 cm³/mol. The van der Waals surface area contributed by atoms with Crippen LogP contribution in [0.4, 0.5) is 4.39 Å². The van der Waals surface area contributed by atoms with Crippen molar-refractivity contribution >= 4 is 33.3 Å². The maximum absolute atomic E-state index is 12.5. The molecule has 0 aliphatic rings. The van der Waals surface area contributed by atoms with E-state index in [0.717, 1.165) is 0 Å². The second-order valence-corrected chi connectivity index (χ2v) is 4.34. The molecule has 0 aliphatic carbocycles. The van der Waals surface area contributed by atoms with Gasteiger partial charge in [0.1, 0.15) is 6.67 Å². The number of alkyl halides is 2.